The van der Waals surface area contributed by atoms with Crippen molar-refractivity contribution in [1.82, 2.24) is 20.1 Å². The van der Waals surface area contributed by atoms with Crippen LogP contribution in [0.2, 0.25) is 0 Å². The molecular formula is C23H28N4O7. The molecule has 0 saturated carbocycles. The van der Waals surface area contributed by atoms with Crippen LogP contribution >= 0.6 is 0 Å². The summed E-state index contributed by atoms with van der Waals surface area (Å²) in [4.78, 5) is 55.2. The lowest BCUT2D eigenvalue weighted by Crippen LogP contribution is -2.52. The van der Waals surface area contributed by atoms with Crippen LogP contribution < -0.4 is 10.1 Å². The number of nitrogens with one attached hydrogen (secondary N) is 1. The molecule has 3 amide bonds. The maximum absolute atomic E-state index is 12.7. The van der Waals surface area contributed by atoms with Crippen molar-refractivity contribution >= 4 is 34.8 Å². The minimum Gasteiger partial charge on any atom is -0.493 e. The van der Waals surface area contributed by atoms with Crippen molar-refractivity contribution in [3.05, 3.63) is 36.0 Å². The average Bonchev–Trinajstić information content (AvgIpc) is 2.84. The molecule has 182 valence electrons. The van der Waals surface area contributed by atoms with E-state index in [1.54, 1.807) is 34.9 Å². The number of piperazine rings is 1. The van der Waals surface area contributed by atoms with Crippen molar-refractivity contribution in [3.63, 3.8) is 0 Å². The molecule has 1 aromatic heterocycles. The number of carboxylic acid groups (broad SMARTS) is 1. The Morgan fingerprint density at radius 1 is 1.09 bits per heavy atom. The highest BCUT2D eigenvalue weighted by molar-refractivity contribution is 5.98. The minimum atomic E-state index is -0.907. The van der Waals surface area contributed by atoms with Gasteiger partial charge in [0.25, 0.3) is 5.91 Å². The normalized spacial score (nSPS) is 13.4. The minimum absolute atomic E-state index is 0.0213. The Balaban J connectivity index is 1.58. The van der Waals surface area contributed by atoms with Crippen molar-refractivity contribution in [2.75, 3.05) is 45.9 Å². The number of aromatic nitrogens is 1. The van der Waals surface area contributed by atoms with Crippen LogP contribution in [0, 0.1) is 0 Å². The Labute approximate surface area is 196 Å². The van der Waals surface area contributed by atoms with Gasteiger partial charge in [-0.25, -0.2) is 9.78 Å². The first kappa shape index (κ1) is 24.7. The number of fused-ring (bicyclic) bond motifs is 1. The van der Waals surface area contributed by atoms with Crippen LogP contribution in [0.15, 0.2) is 30.3 Å². The van der Waals surface area contributed by atoms with E-state index < -0.39 is 18.0 Å². The lowest BCUT2D eigenvalue weighted by atomic mass is 10.1. The Kier molecular flexibility index (Phi) is 8.60. The standard InChI is InChI=1S/C23H28N4O7/c1-2-33-23(32)27-11-9-26(10-12-27)20(28)15-24-22(31)18-14-19(34-13-5-8-21(29)30)16-6-3-4-7-17(16)25-18/h3-4,6-7,14H,2,5,8-13,15H2,1H3,(H,24,31)(H,29,30). The first-order chi connectivity index (χ1) is 16.4. The van der Waals surface area contributed by atoms with Crippen molar-refractivity contribution < 1.29 is 33.8 Å². The maximum atomic E-state index is 12.7. The Morgan fingerprint density at radius 2 is 1.79 bits per heavy atom. The lowest BCUT2D eigenvalue weighted by molar-refractivity contribution is -0.137. The molecule has 1 saturated heterocycles. The summed E-state index contributed by atoms with van der Waals surface area (Å²) in [6.45, 7) is 3.45. The van der Waals surface area contributed by atoms with Crippen LogP contribution in [0.5, 0.6) is 5.75 Å². The number of carboxylic acids is 1. The van der Waals surface area contributed by atoms with Crippen LogP contribution in [0.1, 0.15) is 30.3 Å². The second-order valence-electron chi connectivity index (χ2n) is 7.62. The summed E-state index contributed by atoms with van der Waals surface area (Å²) in [5.74, 6) is -1.28. The predicted molar refractivity (Wildman–Crippen MR) is 122 cm³/mol. The molecule has 0 aliphatic carbocycles. The van der Waals surface area contributed by atoms with Gasteiger partial charge >= 0.3 is 12.1 Å². The van der Waals surface area contributed by atoms with Gasteiger partial charge in [0.1, 0.15) is 11.4 Å². The predicted octanol–water partition coefficient (Wildman–Crippen LogP) is 1.51. The molecule has 0 bridgehead atoms. The van der Waals surface area contributed by atoms with Crippen molar-refractivity contribution in [1.29, 1.82) is 0 Å². The fourth-order valence-corrected chi connectivity index (χ4v) is 3.50. The van der Waals surface area contributed by atoms with Gasteiger partial charge in [0, 0.05) is 44.1 Å². The van der Waals surface area contributed by atoms with E-state index in [2.05, 4.69) is 10.3 Å². The molecule has 3 rings (SSSR count). The maximum Gasteiger partial charge on any atom is 0.409 e. The van der Waals surface area contributed by atoms with Gasteiger partial charge in [0.15, 0.2) is 0 Å². The summed E-state index contributed by atoms with van der Waals surface area (Å²) < 4.78 is 10.7. The molecule has 2 N–H and O–H groups in total. The van der Waals surface area contributed by atoms with Gasteiger partial charge in [0.05, 0.1) is 25.3 Å². The zero-order valence-electron chi connectivity index (χ0n) is 19.0. The van der Waals surface area contributed by atoms with Gasteiger partial charge in [-0.15, -0.1) is 0 Å². The molecule has 1 aliphatic rings. The number of hydrogen-bond acceptors (Lipinski definition) is 7. The SMILES string of the molecule is CCOC(=O)N1CCN(C(=O)CNC(=O)c2cc(OCCCC(=O)O)c3ccccc3n2)CC1. The van der Waals surface area contributed by atoms with Gasteiger partial charge < -0.3 is 29.7 Å². The Bertz CT molecular complexity index is 1050. The van der Waals surface area contributed by atoms with Crippen molar-refractivity contribution in [3.8, 4) is 5.75 Å². The van der Waals surface area contributed by atoms with E-state index >= 15 is 0 Å². The number of carbonyl (C=O) groups excluding carboxylic acids is 3. The third-order valence-corrected chi connectivity index (χ3v) is 5.26. The van der Waals surface area contributed by atoms with Crippen LogP contribution in [-0.2, 0) is 14.3 Å². The molecule has 1 aliphatic heterocycles. The Hall–Kier alpha value is -3.89. The number of para-hydroxylation sites is 1. The summed E-state index contributed by atoms with van der Waals surface area (Å²) in [7, 11) is 0. The van der Waals surface area contributed by atoms with Crippen molar-refractivity contribution in [2.24, 2.45) is 0 Å². The number of hydrogen-bond donors (Lipinski definition) is 2. The molecule has 34 heavy (non-hydrogen) atoms. The number of nitrogens with zero attached hydrogens (tertiary/aromatic N) is 3. The van der Waals surface area contributed by atoms with Crippen LogP contribution in [0.25, 0.3) is 10.9 Å². The summed E-state index contributed by atoms with van der Waals surface area (Å²) in [6.07, 6.45) is -0.0934. The highest BCUT2D eigenvalue weighted by Crippen LogP contribution is 2.25. The molecule has 2 heterocycles. The lowest BCUT2D eigenvalue weighted by Gasteiger charge is -2.34. The van der Waals surface area contributed by atoms with Crippen LogP contribution in [0.4, 0.5) is 4.79 Å². The van der Waals surface area contributed by atoms with Gasteiger partial charge in [-0.2, -0.15) is 0 Å². The van der Waals surface area contributed by atoms with E-state index in [0.29, 0.717) is 55.9 Å². The third-order valence-electron chi connectivity index (χ3n) is 5.26. The number of benzene rings is 1. The number of amides is 3. The first-order valence-corrected chi connectivity index (χ1v) is 11.1. The monoisotopic (exact) mass is 472 g/mol. The summed E-state index contributed by atoms with van der Waals surface area (Å²) in [5.41, 5.74) is 0.636. The average molecular weight is 472 g/mol. The van der Waals surface area contributed by atoms with Gasteiger partial charge in [-0.3, -0.25) is 14.4 Å². The molecule has 11 nitrogen and oxygen atoms in total. The fraction of sp³-hybridized carbons (Fsp3) is 0.435. The molecule has 0 radical (unpaired) electrons. The van der Waals surface area contributed by atoms with E-state index in [9.17, 15) is 19.2 Å². The smallest absolute Gasteiger partial charge is 0.409 e. The van der Waals surface area contributed by atoms with Gasteiger partial charge in [-0.1, -0.05) is 12.1 Å². The zero-order valence-corrected chi connectivity index (χ0v) is 19.0. The topological polar surface area (TPSA) is 138 Å². The van der Waals surface area contributed by atoms with Gasteiger partial charge in [0.2, 0.25) is 5.91 Å². The molecule has 1 fully saturated rings. The third kappa shape index (κ3) is 6.56. The molecule has 1 aromatic carbocycles. The molecule has 11 heteroatoms. The second-order valence-corrected chi connectivity index (χ2v) is 7.62. The Morgan fingerprint density at radius 3 is 2.50 bits per heavy atom. The number of rotatable bonds is 9. The largest absolute Gasteiger partial charge is 0.493 e. The zero-order chi connectivity index (χ0) is 24.5. The number of aliphatic carboxylic acids is 1. The molecule has 0 atom stereocenters. The molecule has 2 aromatic rings. The highest BCUT2D eigenvalue weighted by Gasteiger charge is 2.25. The van der Waals surface area contributed by atoms with E-state index in [0.717, 1.165) is 0 Å². The number of carbonyl (C=O) groups is 4. The highest BCUT2D eigenvalue weighted by atomic mass is 16.6. The molecular weight excluding hydrogens is 444 g/mol. The van der Waals surface area contributed by atoms with Crippen LogP contribution in [0.3, 0.4) is 0 Å². The van der Waals surface area contributed by atoms with Crippen molar-refractivity contribution in [2.45, 2.75) is 19.8 Å². The van der Waals surface area contributed by atoms with E-state index in [1.165, 1.54) is 6.07 Å². The van der Waals surface area contributed by atoms with Crippen LogP contribution in [-0.4, -0.2) is 89.7 Å². The second kappa shape index (κ2) is 11.8. The quantitative estimate of drug-likeness (QED) is 0.524. The first-order valence-electron chi connectivity index (χ1n) is 11.1. The number of ether oxygens (including phenoxy) is 2. The number of pyridine rings is 1. The van der Waals surface area contributed by atoms with Gasteiger partial charge in [-0.05, 0) is 25.5 Å². The molecule has 0 unspecified atom stereocenters. The summed E-state index contributed by atoms with van der Waals surface area (Å²) >= 11 is 0. The fourth-order valence-electron chi connectivity index (χ4n) is 3.50. The molecule has 0 spiro atoms. The summed E-state index contributed by atoms with van der Waals surface area (Å²) in [5, 5.41) is 12.1. The van der Waals surface area contributed by atoms with E-state index in [-0.39, 0.29) is 31.2 Å². The van der Waals surface area contributed by atoms with E-state index in [4.69, 9.17) is 14.6 Å². The summed E-state index contributed by atoms with van der Waals surface area (Å²) in [6, 6.07) is 8.63. The van der Waals surface area contributed by atoms with E-state index in [1.807, 2.05) is 6.07 Å².